The van der Waals surface area contributed by atoms with Gasteiger partial charge in [-0.25, -0.2) is 0 Å². The van der Waals surface area contributed by atoms with Crippen LogP contribution in [0.1, 0.15) is 115 Å². The number of unbranched alkanes of at least 4 members (excludes halogenated alkanes) is 15. The van der Waals surface area contributed by atoms with Crippen LogP contribution in [0.4, 0.5) is 17.6 Å². The standard InChI is InChI=1S/C22H43N5/c1-2-3-4-5-6-7-8-9-10-11-12-13-14-15-16-17-18-19-20(23)26-22(25)27-21(19)24/h2-18H2,1H3,(H6,23,24,25,26,27). The third-order valence-electron chi connectivity index (χ3n) is 5.37. The molecule has 0 aromatic carbocycles. The SMILES string of the molecule is CCCCCCCCCCCCCCCCCCc1c(N)nc(N)nc1N. The Kier molecular flexibility index (Phi) is 13.5. The fourth-order valence-corrected chi connectivity index (χ4v) is 3.64. The zero-order valence-corrected chi connectivity index (χ0v) is 17.6. The Morgan fingerprint density at radius 1 is 0.519 bits per heavy atom. The molecule has 5 nitrogen and oxygen atoms in total. The maximum atomic E-state index is 5.88. The van der Waals surface area contributed by atoms with Crippen LogP contribution >= 0.6 is 0 Å². The molecule has 5 heteroatoms. The highest BCUT2D eigenvalue weighted by molar-refractivity contribution is 5.55. The first-order valence-corrected chi connectivity index (χ1v) is 11.3. The predicted octanol–water partition coefficient (Wildman–Crippen LogP) is 6.03. The monoisotopic (exact) mass is 377 g/mol. The lowest BCUT2D eigenvalue weighted by Crippen LogP contribution is -2.08. The van der Waals surface area contributed by atoms with Gasteiger partial charge in [0.05, 0.1) is 0 Å². The number of nitrogens with zero attached hydrogens (tertiary/aromatic N) is 2. The third kappa shape index (κ3) is 11.7. The average Bonchev–Trinajstić information content (AvgIpc) is 2.63. The summed E-state index contributed by atoms with van der Waals surface area (Å²) in [5, 5.41) is 0. The zero-order chi connectivity index (χ0) is 19.7. The largest absolute Gasteiger partial charge is 0.383 e. The van der Waals surface area contributed by atoms with Gasteiger partial charge in [-0.2, -0.15) is 9.97 Å². The van der Waals surface area contributed by atoms with Crippen molar-refractivity contribution in [2.45, 2.75) is 116 Å². The fraction of sp³-hybridized carbons (Fsp3) is 0.818. The third-order valence-corrected chi connectivity index (χ3v) is 5.37. The Morgan fingerprint density at radius 3 is 1.22 bits per heavy atom. The first kappa shape index (κ1) is 23.5. The molecule has 27 heavy (non-hydrogen) atoms. The minimum Gasteiger partial charge on any atom is -0.383 e. The summed E-state index contributed by atoms with van der Waals surface area (Å²) >= 11 is 0. The summed E-state index contributed by atoms with van der Waals surface area (Å²) in [6.07, 6.45) is 22.7. The molecule has 0 fully saturated rings. The lowest BCUT2D eigenvalue weighted by molar-refractivity contribution is 0.529. The average molecular weight is 378 g/mol. The molecule has 0 aliphatic heterocycles. The fourth-order valence-electron chi connectivity index (χ4n) is 3.64. The number of nitrogens with two attached hydrogens (primary N) is 3. The topological polar surface area (TPSA) is 104 Å². The Morgan fingerprint density at radius 2 is 0.852 bits per heavy atom. The van der Waals surface area contributed by atoms with Crippen molar-refractivity contribution in [1.82, 2.24) is 9.97 Å². The number of hydrogen-bond acceptors (Lipinski definition) is 5. The van der Waals surface area contributed by atoms with Crippen molar-refractivity contribution < 1.29 is 0 Å². The van der Waals surface area contributed by atoms with Crippen LogP contribution in [0.2, 0.25) is 0 Å². The van der Waals surface area contributed by atoms with Crippen molar-refractivity contribution in [3.63, 3.8) is 0 Å². The summed E-state index contributed by atoms with van der Waals surface area (Å²) in [4.78, 5) is 7.98. The smallest absolute Gasteiger partial charge is 0.223 e. The number of anilines is 3. The van der Waals surface area contributed by atoms with Crippen molar-refractivity contribution in [2.24, 2.45) is 0 Å². The Hall–Kier alpha value is -1.52. The maximum Gasteiger partial charge on any atom is 0.223 e. The first-order valence-electron chi connectivity index (χ1n) is 11.3. The summed E-state index contributed by atoms with van der Waals surface area (Å²) in [5.74, 6) is 1.02. The van der Waals surface area contributed by atoms with Crippen LogP contribution in [-0.2, 0) is 6.42 Å². The van der Waals surface area contributed by atoms with Gasteiger partial charge >= 0.3 is 0 Å². The second-order valence-corrected chi connectivity index (χ2v) is 7.88. The molecule has 0 unspecified atom stereocenters. The van der Waals surface area contributed by atoms with Gasteiger partial charge in [0.15, 0.2) is 0 Å². The molecule has 6 N–H and O–H groups in total. The molecule has 1 aromatic heterocycles. The quantitative estimate of drug-likeness (QED) is 0.288. The Labute approximate surface area is 166 Å². The van der Waals surface area contributed by atoms with Crippen LogP contribution in [0.3, 0.4) is 0 Å². The second kappa shape index (κ2) is 15.5. The van der Waals surface area contributed by atoms with Crippen molar-refractivity contribution in [1.29, 1.82) is 0 Å². The molecular formula is C22H43N5. The molecule has 1 heterocycles. The molecule has 1 aromatic rings. The Balaban J connectivity index is 1.86. The molecule has 0 saturated carbocycles. The molecule has 0 aliphatic carbocycles. The molecule has 0 amide bonds. The van der Waals surface area contributed by atoms with Gasteiger partial charge in [-0.15, -0.1) is 0 Å². The van der Waals surface area contributed by atoms with E-state index in [4.69, 9.17) is 17.2 Å². The van der Waals surface area contributed by atoms with Crippen LogP contribution in [0, 0.1) is 0 Å². The summed E-state index contributed by atoms with van der Waals surface area (Å²) < 4.78 is 0. The highest BCUT2D eigenvalue weighted by Crippen LogP contribution is 2.20. The van der Waals surface area contributed by atoms with Gasteiger partial charge in [-0.05, 0) is 12.8 Å². The van der Waals surface area contributed by atoms with Gasteiger partial charge in [0.1, 0.15) is 11.6 Å². The lowest BCUT2D eigenvalue weighted by atomic mass is 10.0. The van der Waals surface area contributed by atoms with Gasteiger partial charge in [0.2, 0.25) is 5.95 Å². The van der Waals surface area contributed by atoms with Gasteiger partial charge in [0, 0.05) is 5.56 Å². The molecule has 0 atom stereocenters. The van der Waals surface area contributed by atoms with Crippen molar-refractivity contribution >= 4 is 17.6 Å². The second-order valence-electron chi connectivity index (χ2n) is 7.88. The molecule has 0 spiro atoms. The van der Waals surface area contributed by atoms with Gasteiger partial charge in [-0.3, -0.25) is 0 Å². The van der Waals surface area contributed by atoms with E-state index in [1.807, 2.05) is 0 Å². The lowest BCUT2D eigenvalue weighted by Gasteiger charge is -2.08. The van der Waals surface area contributed by atoms with E-state index in [-0.39, 0.29) is 5.95 Å². The van der Waals surface area contributed by atoms with E-state index in [9.17, 15) is 0 Å². The van der Waals surface area contributed by atoms with Crippen LogP contribution in [0.5, 0.6) is 0 Å². The van der Waals surface area contributed by atoms with Gasteiger partial charge in [-0.1, -0.05) is 103 Å². The number of aromatic nitrogens is 2. The van der Waals surface area contributed by atoms with E-state index in [2.05, 4.69) is 16.9 Å². The van der Waals surface area contributed by atoms with Crippen molar-refractivity contribution in [3.05, 3.63) is 5.56 Å². The van der Waals surface area contributed by atoms with E-state index < -0.39 is 0 Å². The Bertz CT molecular complexity index is 467. The summed E-state index contributed by atoms with van der Waals surface area (Å²) in [5.41, 5.74) is 18.1. The minimum absolute atomic E-state index is 0.153. The summed E-state index contributed by atoms with van der Waals surface area (Å²) in [6.45, 7) is 2.28. The minimum atomic E-state index is 0.153. The molecule has 1 rings (SSSR count). The van der Waals surface area contributed by atoms with Crippen molar-refractivity contribution in [2.75, 3.05) is 17.2 Å². The van der Waals surface area contributed by atoms with Crippen LogP contribution in [0.25, 0.3) is 0 Å². The molecule has 0 aliphatic rings. The highest BCUT2D eigenvalue weighted by atomic mass is 15.1. The highest BCUT2D eigenvalue weighted by Gasteiger charge is 2.08. The van der Waals surface area contributed by atoms with E-state index in [1.165, 1.54) is 96.3 Å². The number of hydrogen-bond donors (Lipinski definition) is 3. The molecule has 0 bridgehead atoms. The normalized spacial score (nSPS) is 11.1. The molecule has 156 valence electrons. The molecule has 0 radical (unpaired) electrons. The van der Waals surface area contributed by atoms with E-state index >= 15 is 0 Å². The van der Waals surface area contributed by atoms with Gasteiger partial charge in [0.25, 0.3) is 0 Å². The molecule has 0 saturated heterocycles. The van der Waals surface area contributed by atoms with Crippen molar-refractivity contribution in [3.8, 4) is 0 Å². The van der Waals surface area contributed by atoms with Crippen LogP contribution in [-0.4, -0.2) is 9.97 Å². The van der Waals surface area contributed by atoms with Crippen LogP contribution < -0.4 is 17.2 Å². The summed E-state index contributed by atoms with van der Waals surface area (Å²) in [6, 6.07) is 0. The maximum absolute atomic E-state index is 5.88. The van der Waals surface area contributed by atoms with E-state index in [0.717, 1.165) is 18.4 Å². The first-order chi connectivity index (χ1) is 13.1. The number of rotatable bonds is 17. The summed E-state index contributed by atoms with van der Waals surface area (Å²) in [7, 11) is 0. The molecular weight excluding hydrogens is 334 g/mol. The number of nitrogen functional groups attached to an aromatic ring is 3. The van der Waals surface area contributed by atoms with E-state index in [1.54, 1.807) is 0 Å². The van der Waals surface area contributed by atoms with Gasteiger partial charge < -0.3 is 17.2 Å². The zero-order valence-electron chi connectivity index (χ0n) is 17.6. The van der Waals surface area contributed by atoms with E-state index in [0.29, 0.717) is 11.6 Å². The van der Waals surface area contributed by atoms with Crippen LogP contribution in [0.15, 0.2) is 0 Å². The predicted molar refractivity (Wildman–Crippen MR) is 119 cm³/mol.